The summed E-state index contributed by atoms with van der Waals surface area (Å²) in [4.78, 5) is 11.8. The Morgan fingerprint density at radius 1 is 1.25 bits per heavy atom. The third kappa shape index (κ3) is 4.08. The summed E-state index contributed by atoms with van der Waals surface area (Å²) >= 11 is 6.25. The van der Waals surface area contributed by atoms with Gasteiger partial charge in [0.15, 0.2) is 0 Å². The highest BCUT2D eigenvalue weighted by atomic mass is 35.5. The minimum Gasteiger partial charge on any atom is -0.488 e. The zero-order valence-corrected chi connectivity index (χ0v) is 14.9. The van der Waals surface area contributed by atoms with Crippen molar-refractivity contribution in [2.24, 2.45) is 0 Å². The third-order valence-electron chi connectivity index (χ3n) is 3.88. The molecule has 5 heteroatoms. The zero-order valence-electron chi connectivity index (χ0n) is 14.2. The topological polar surface area (TPSA) is 49.8 Å². The van der Waals surface area contributed by atoms with E-state index in [0.717, 1.165) is 17.7 Å². The Balaban J connectivity index is 2.25. The molecule has 2 aromatic rings. The van der Waals surface area contributed by atoms with Crippen molar-refractivity contribution in [3.05, 3.63) is 58.1 Å². The minimum absolute atomic E-state index is 0.162. The first-order valence-corrected chi connectivity index (χ1v) is 8.37. The molecule has 4 nitrogen and oxygen atoms in total. The summed E-state index contributed by atoms with van der Waals surface area (Å²) in [7, 11) is 0. The van der Waals surface area contributed by atoms with Gasteiger partial charge in [-0.25, -0.2) is 0 Å². The highest BCUT2D eigenvalue weighted by Gasteiger charge is 2.18. The van der Waals surface area contributed by atoms with Crippen LogP contribution in [0, 0.1) is 6.92 Å². The van der Waals surface area contributed by atoms with Gasteiger partial charge >= 0.3 is 0 Å². The van der Waals surface area contributed by atoms with Crippen molar-refractivity contribution < 1.29 is 14.7 Å². The number of hydroxylamine groups is 1. The molecule has 2 rings (SSSR count). The molecular formula is C19H22ClNO3. The van der Waals surface area contributed by atoms with Crippen LogP contribution in [-0.2, 0) is 17.8 Å². The van der Waals surface area contributed by atoms with Gasteiger partial charge in [-0.3, -0.25) is 10.0 Å². The van der Waals surface area contributed by atoms with Crippen molar-refractivity contribution in [2.75, 3.05) is 5.06 Å². The van der Waals surface area contributed by atoms with Gasteiger partial charge in [0.05, 0.1) is 5.69 Å². The van der Waals surface area contributed by atoms with Crippen LogP contribution in [0.4, 0.5) is 5.69 Å². The quantitative estimate of drug-likeness (QED) is 0.596. The molecule has 0 saturated carbocycles. The molecular weight excluding hydrogens is 326 g/mol. The lowest BCUT2D eigenvalue weighted by Crippen LogP contribution is -2.27. The van der Waals surface area contributed by atoms with E-state index in [4.69, 9.17) is 16.3 Å². The predicted molar refractivity (Wildman–Crippen MR) is 95.9 cm³/mol. The van der Waals surface area contributed by atoms with E-state index in [1.54, 1.807) is 25.1 Å². The highest BCUT2D eigenvalue weighted by Crippen LogP contribution is 2.29. The van der Waals surface area contributed by atoms with Crippen molar-refractivity contribution >= 4 is 23.2 Å². The molecule has 0 aliphatic carbocycles. The van der Waals surface area contributed by atoms with Crippen LogP contribution in [0.15, 0.2) is 36.4 Å². The number of hydrogen-bond donors (Lipinski definition) is 1. The second kappa shape index (κ2) is 8.18. The molecule has 0 atom stereocenters. The summed E-state index contributed by atoms with van der Waals surface area (Å²) < 4.78 is 5.87. The Bertz CT molecular complexity index is 731. The maximum absolute atomic E-state index is 11.8. The third-order valence-corrected chi connectivity index (χ3v) is 4.23. The molecule has 128 valence electrons. The largest absolute Gasteiger partial charge is 0.488 e. The molecule has 0 aliphatic heterocycles. The molecule has 0 unspecified atom stereocenters. The van der Waals surface area contributed by atoms with Gasteiger partial charge < -0.3 is 4.74 Å². The summed E-state index contributed by atoms with van der Waals surface area (Å²) in [6.45, 7) is 5.94. The highest BCUT2D eigenvalue weighted by molar-refractivity contribution is 6.31. The molecule has 0 fully saturated rings. The smallest absolute Gasteiger partial charge is 0.250 e. The van der Waals surface area contributed by atoms with E-state index in [0.29, 0.717) is 21.3 Å². The first-order chi connectivity index (χ1) is 11.5. The zero-order chi connectivity index (χ0) is 17.7. The fourth-order valence-corrected chi connectivity index (χ4v) is 2.64. The van der Waals surface area contributed by atoms with E-state index in [1.807, 2.05) is 19.1 Å². The van der Waals surface area contributed by atoms with E-state index in [2.05, 4.69) is 13.0 Å². The second-order valence-electron chi connectivity index (χ2n) is 5.54. The van der Waals surface area contributed by atoms with Gasteiger partial charge in [-0.2, -0.15) is 5.06 Å². The fourth-order valence-electron chi connectivity index (χ4n) is 2.42. The van der Waals surface area contributed by atoms with Crippen LogP contribution in [0.5, 0.6) is 5.75 Å². The lowest BCUT2D eigenvalue weighted by Gasteiger charge is -2.19. The van der Waals surface area contributed by atoms with Crippen LogP contribution >= 0.6 is 11.6 Å². The number of rotatable bonds is 6. The van der Waals surface area contributed by atoms with Gasteiger partial charge in [0, 0.05) is 17.0 Å². The number of aryl methyl sites for hydroxylation is 2. The molecule has 0 aromatic heterocycles. The Labute approximate surface area is 147 Å². The first-order valence-electron chi connectivity index (χ1n) is 7.99. The Morgan fingerprint density at radius 3 is 2.62 bits per heavy atom. The van der Waals surface area contributed by atoms with Crippen LogP contribution in [0.2, 0.25) is 5.02 Å². The molecule has 0 saturated heterocycles. The molecule has 0 heterocycles. The van der Waals surface area contributed by atoms with E-state index in [-0.39, 0.29) is 13.0 Å². The maximum Gasteiger partial charge on any atom is 0.250 e. The van der Waals surface area contributed by atoms with Gasteiger partial charge in [-0.1, -0.05) is 43.6 Å². The average molecular weight is 348 g/mol. The van der Waals surface area contributed by atoms with E-state index in [9.17, 15) is 10.0 Å². The lowest BCUT2D eigenvalue weighted by molar-refractivity contribution is -0.123. The maximum atomic E-state index is 11.8. The summed E-state index contributed by atoms with van der Waals surface area (Å²) in [6.07, 6.45) is 1.16. The molecule has 1 N–H and O–H groups in total. The summed E-state index contributed by atoms with van der Waals surface area (Å²) in [5.41, 5.74) is 3.20. The van der Waals surface area contributed by atoms with E-state index < -0.39 is 5.91 Å². The molecule has 1 amide bonds. The summed E-state index contributed by atoms with van der Waals surface area (Å²) in [6, 6.07) is 11.1. The van der Waals surface area contributed by atoms with Crippen molar-refractivity contribution in [1.29, 1.82) is 0 Å². The minimum atomic E-state index is -0.401. The molecule has 2 aromatic carbocycles. The molecule has 0 radical (unpaired) electrons. The van der Waals surface area contributed by atoms with Crippen molar-refractivity contribution in [3.63, 3.8) is 0 Å². The number of nitrogens with zero attached hydrogens (tertiary/aromatic N) is 1. The second-order valence-corrected chi connectivity index (χ2v) is 5.95. The number of ether oxygens (including phenoxy) is 1. The molecule has 0 aliphatic rings. The van der Waals surface area contributed by atoms with Crippen LogP contribution in [0.3, 0.4) is 0 Å². The van der Waals surface area contributed by atoms with Gasteiger partial charge in [0.2, 0.25) is 5.91 Å². The number of carbonyl (C=O) groups is 1. The van der Waals surface area contributed by atoms with Gasteiger partial charge in [0.1, 0.15) is 12.4 Å². The van der Waals surface area contributed by atoms with Crippen LogP contribution in [0.1, 0.15) is 37.0 Å². The average Bonchev–Trinajstić information content (AvgIpc) is 2.59. The van der Waals surface area contributed by atoms with Gasteiger partial charge in [-0.15, -0.1) is 0 Å². The Kier molecular flexibility index (Phi) is 6.23. The van der Waals surface area contributed by atoms with Crippen molar-refractivity contribution in [2.45, 2.75) is 40.2 Å². The van der Waals surface area contributed by atoms with Crippen molar-refractivity contribution in [1.82, 2.24) is 0 Å². The lowest BCUT2D eigenvalue weighted by atomic mass is 10.1. The number of halogens is 1. The first kappa shape index (κ1) is 18.3. The number of hydrogen-bond acceptors (Lipinski definition) is 3. The number of carbonyl (C=O) groups excluding carboxylic acids is 1. The SMILES string of the molecule is CCC(=O)N(O)c1cccc(Cl)c1COc1ccc(CC)cc1C. The standard InChI is InChI=1S/C19H22ClNO3/c1-4-14-9-10-18(13(3)11-14)24-12-15-16(20)7-6-8-17(15)21(23)19(22)5-2/h6-11,23H,4-5,12H2,1-3H3. The molecule has 0 spiro atoms. The number of benzene rings is 2. The van der Waals surface area contributed by atoms with Crippen LogP contribution in [0.25, 0.3) is 0 Å². The number of anilines is 1. The fraction of sp³-hybridized carbons (Fsp3) is 0.316. The number of amides is 1. The Hall–Kier alpha value is -2.04. The van der Waals surface area contributed by atoms with Crippen LogP contribution in [-0.4, -0.2) is 11.1 Å². The Morgan fingerprint density at radius 2 is 2.00 bits per heavy atom. The molecule has 24 heavy (non-hydrogen) atoms. The van der Waals surface area contributed by atoms with Gasteiger partial charge in [-0.05, 0) is 42.7 Å². The molecule has 0 bridgehead atoms. The van der Waals surface area contributed by atoms with Crippen molar-refractivity contribution in [3.8, 4) is 5.75 Å². The summed E-state index contributed by atoms with van der Waals surface area (Å²) in [5.74, 6) is 0.353. The van der Waals surface area contributed by atoms with Gasteiger partial charge in [0.25, 0.3) is 0 Å². The normalized spacial score (nSPS) is 10.5. The van der Waals surface area contributed by atoms with Crippen LogP contribution < -0.4 is 9.80 Å². The van der Waals surface area contributed by atoms with E-state index >= 15 is 0 Å². The predicted octanol–water partition coefficient (Wildman–Crippen LogP) is 4.92. The van der Waals surface area contributed by atoms with E-state index in [1.165, 1.54) is 5.56 Å². The monoisotopic (exact) mass is 347 g/mol. The summed E-state index contributed by atoms with van der Waals surface area (Å²) in [5, 5.41) is 11.2.